The molecule has 0 aromatic heterocycles. The van der Waals surface area contributed by atoms with Gasteiger partial charge in [-0.15, -0.1) is 0 Å². The second kappa shape index (κ2) is 6.41. The molecule has 0 aliphatic heterocycles. The minimum atomic E-state index is -1.04. The van der Waals surface area contributed by atoms with E-state index in [1.807, 2.05) is 19.1 Å². The van der Waals surface area contributed by atoms with Gasteiger partial charge in [-0.2, -0.15) is 0 Å². The summed E-state index contributed by atoms with van der Waals surface area (Å²) in [4.78, 5) is 22.8. The number of carboxylic acids is 1. The van der Waals surface area contributed by atoms with Crippen molar-refractivity contribution in [3.63, 3.8) is 0 Å². The number of halogens is 1. The van der Waals surface area contributed by atoms with Crippen molar-refractivity contribution in [2.45, 2.75) is 6.92 Å². The molecule has 5 nitrogen and oxygen atoms in total. The van der Waals surface area contributed by atoms with E-state index >= 15 is 0 Å². The molecule has 0 saturated heterocycles. The SMILES string of the molecule is Cc1c(Br)cccc1NC(=O)Nc1cccc(C(=O)O)c1. The van der Waals surface area contributed by atoms with E-state index in [9.17, 15) is 9.59 Å². The maximum atomic E-state index is 11.9. The number of hydrogen-bond acceptors (Lipinski definition) is 2. The fraction of sp³-hybridized carbons (Fsp3) is 0.0667. The first-order valence-corrected chi connectivity index (χ1v) is 6.93. The highest BCUT2D eigenvalue weighted by atomic mass is 79.9. The Kier molecular flexibility index (Phi) is 4.59. The number of hydrogen-bond donors (Lipinski definition) is 3. The van der Waals surface area contributed by atoms with Crippen molar-refractivity contribution in [2.24, 2.45) is 0 Å². The van der Waals surface area contributed by atoms with E-state index in [2.05, 4.69) is 26.6 Å². The van der Waals surface area contributed by atoms with E-state index in [0.717, 1.165) is 10.0 Å². The number of anilines is 2. The molecule has 0 aliphatic rings. The number of carbonyl (C=O) groups excluding carboxylic acids is 1. The van der Waals surface area contributed by atoms with Crippen LogP contribution >= 0.6 is 15.9 Å². The summed E-state index contributed by atoms with van der Waals surface area (Å²) in [5.74, 6) is -1.04. The summed E-state index contributed by atoms with van der Waals surface area (Å²) in [5.41, 5.74) is 2.12. The zero-order chi connectivity index (χ0) is 15.4. The average molecular weight is 349 g/mol. The minimum Gasteiger partial charge on any atom is -0.478 e. The second-order valence-electron chi connectivity index (χ2n) is 4.38. The Hall–Kier alpha value is -2.34. The first-order chi connectivity index (χ1) is 9.97. The lowest BCUT2D eigenvalue weighted by molar-refractivity contribution is 0.0697. The standard InChI is InChI=1S/C15H13BrN2O3/c1-9-12(16)6-3-7-13(9)18-15(21)17-11-5-2-4-10(8-11)14(19)20/h2-8H,1H3,(H,19,20)(H2,17,18,21). The van der Waals surface area contributed by atoms with Crippen LogP contribution in [0.1, 0.15) is 15.9 Å². The number of aromatic carboxylic acids is 1. The largest absolute Gasteiger partial charge is 0.478 e. The number of carbonyl (C=O) groups is 2. The Labute approximate surface area is 130 Å². The molecular weight excluding hydrogens is 336 g/mol. The number of carboxylic acid groups (broad SMARTS) is 1. The molecule has 2 rings (SSSR count). The third-order valence-corrected chi connectivity index (χ3v) is 3.74. The molecule has 0 fully saturated rings. The highest BCUT2D eigenvalue weighted by Crippen LogP contribution is 2.23. The van der Waals surface area contributed by atoms with Gasteiger partial charge in [0, 0.05) is 15.8 Å². The third kappa shape index (κ3) is 3.82. The third-order valence-electron chi connectivity index (χ3n) is 2.88. The number of nitrogens with one attached hydrogen (secondary N) is 2. The van der Waals surface area contributed by atoms with Crippen LogP contribution in [0.25, 0.3) is 0 Å². The van der Waals surface area contributed by atoms with Gasteiger partial charge in [0.25, 0.3) is 0 Å². The molecule has 2 aromatic rings. The summed E-state index contributed by atoms with van der Waals surface area (Å²) in [6, 6.07) is 11.1. The summed E-state index contributed by atoms with van der Waals surface area (Å²) < 4.78 is 0.896. The first-order valence-electron chi connectivity index (χ1n) is 6.14. The van der Waals surface area contributed by atoms with Crippen molar-refractivity contribution in [3.05, 3.63) is 58.1 Å². The minimum absolute atomic E-state index is 0.117. The van der Waals surface area contributed by atoms with E-state index in [0.29, 0.717) is 11.4 Å². The van der Waals surface area contributed by atoms with Gasteiger partial charge in [0.15, 0.2) is 0 Å². The van der Waals surface area contributed by atoms with Crippen LogP contribution in [0.5, 0.6) is 0 Å². The van der Waals surface area contributed by atoms with Gasteiger partial charge in [-0.25, -0.2) is 9.59 Å². The van der Waals surface area contributed by atoms with Gasteiger partial charge >= 0.3 is 12.0 Å². The summed E-state index contributed by atoms with van der Waals surface area (Å²) in [6.45, 7) is 1.88. The number of urea groups is 1. The van der Waals surface area contributed by atoms with Gasteiger partial charge < -0.3 is 15.7 Å². The van der Waals surface area contributed by atoms with Gasteiger partial charge in [0.05, 0.1) is 5.56 Å². The van der Waals surface area contributed by atoms with E-state index in [4.69, 9.17) is 5.11 Å². The highest BCUT2D eigenvalue weighted by Gasteiger charge is 2.08. The van der Waals surface area contributed by atoms with Crippen LogP contribution in [0.3, 0.4) is 0 Å². The maximum Gasteiger partial charge on any atom is 0.335 e. The van der Waals surface area contributed by atoms with Crippen molar-refractivity contribution in [1.82, 2.24) is 0 Å². The lowest BCUT2D eigenvalue weighted by atomic mass is 10.2. The molecule has 2 aromatic carbocycles. The fourth-order valence-electron chi connectivity index (χ4n) is 1.76. The molecule has 0 saturated carbocycles. The Balaban J connectivity index is 2.10. The Morgan fingerprint density at radius 1 is 1.10 bits per heavy atom. The van der Waals surface area contributed by atoms with Crippen LogP contribution in [0.2, 0.25) is 0 Å². The summed E-state index contributed by atoms with van der Waals surface area (Å²) in [5, 5.41) is 14.2. The molecule has 3 N–H and O–H groups in total. The molecular formula is C15H13BrN2O3. The monoisotopic (exact) mass is 348 g/mol. The summed E-state index contributed by atoms with van der Waals surface area (Å²) >= 11 is 3.39. The fourth-order valence-corrected chi connectivity index (χ4v) is 2.12. The zero-order valence-electron chi connectivity index (χ0n) is 11.2. The molecule has 0 spiro atoms. The predicted molar refractivity (Wildman–Crippen MR) is 84.9 cm³/mol. The Bertz CT molecular complexity index is 701. The smallest absolute Gasteiger partial charge is 0.335 e. The van der Waals surface area contributed by atoms with Crippen molar-refractivity contribution < 1.29 is 14.7 Å². The van der Waals surface area contributed by atoms with E-state index in [1.54, 1.807) is 18.2 Å². The van der Waals surface area contributed by atoms with Crippen LogP contribution in [0.15, 0.2) is 46.9 Å². The Morgan fingerprint density at radius 3 is 2.52 bits per heavy atom. The average Bonchev–Trinajstić information content (AvgIpc) is 2.44. The molecule has 0 aliphatic carbocycles. The van der Waals surface area contributed by atoms with Gasteiger partial charge in [0.2, 0.25) is 0 Å². The number of amides is 2. The van der Waals surface area contributed by atoms with E-state index < -0.39 is 12.0 Å². The molecule has 0 bridgehead atoms. The summed E-state index contributed by atoms with van der Waals surface area (Å²) in [7, 11) is 0. The lowest BCUT2D eigenvalue weighted by Crippen LogP contribution is -2.20. The lowest BCUT2D eigenvalue weighted by Gasteiger charge is -2.11. The molecule has 108 valence electrons. The molecule has 21 heavy (non-hydrogen) atoms. The molecule has 2 amide bonds. The number of rotatable bonds is 3. The highest BCUT2D eigenvalue weighted by molar-refractivity contribution is 9.10. The van der Waals surface area contributed by atoms with Crippen LogP contribution < -0.4 is 10.6 Å². The normalized spacial score (nSPS) is 10.0. The van der Waals surface area contributed by atoms with Gasteiger partial charge in [-0.1, -0.05) is 28.1 Å². The number of benzene rings is 2. The van der Waals surface area contributed by atoms with Crippen molar-refractivity contribution >= 4 is 39.3 Å². The van der Waals surface area contributed by atoms with Crippen molar-refractivity contribution in [1.29, 1.82) is 0 Å². The van der Waals surface area contributed by atoms with E-state index in [-0.39, 0.29) is 5.56 Å². The first kappa shape index (κ1) is 15.1. The molecule has 0 heterocycles. The van der Waals surface area contributed by atoms with Gasteiger partial charge in [-0.05, 0) is 42.8 Å². The van der Waals surface area contributed by atoms with Gasteiger partial charge in [-0.3, -0.25) is 0 Å². The molecule has 6 heteroatoms. The van der Waals surface area contributed by atoms with Crippen LogP contribution in [0, 0.1) is 6.92 Å². The second-order valence-corrected chi connectivity index (χ2v) is 5.23. The Morgan fingerprint density at radius 2 is 1.81 bits per heavy atom. The zero-order valence-corrected chi connectivity index (χ0v) is 12.8. The van der Waals surface area contributed by atoms with E-state index in [1.165, 1.54) is 12.1 Å². The van der Waals surface area contributed by atoms with Crippen molar-refractivity contribution in [3.8, 4) is 0 Å². The van der Waals surface area contributed by atoms with Crippen LogP contribution in [-0.4, -0.2) is 17.1 Å². The predicted octanol–water partition coefficient (Wildman–Crippen LogP) is 4.10. The summed E-state index contributed by atoms with van der Waals surface area (Å²) in [6.07, 6.45) is 0. The topological polar surface area (TPSA) is 78.4 Å². The molecule has 0 radical (unpaired) electrons. The quantitative estimate of drug-likeness (QED) is 0.781. The van der Waals surface area contributed by atoms with Crippen molar-refractivity contribution in [2.75, 3.05) is 10.6 Å². The van der Waals surface area contributed by atoms with Crippen LogP contribution in [-0.2, 0) is 0 Å². The van der Waals surface area contributed by atoms with Gasteiger partial charge in [0.1, 0.15) is 0 Å². The molecule has 0 unspecified atom stereocenters. The molecule has 0 atom stereocenters. The van der Waals surface area contributed by atoms with Crippen LogP contribution in [0.4, 0.5) is 16.2 Å². The maximum absolute atomic E-state index is 11.9.